The van der Waals surface area contributed by atoms with Crippen LogP contribution in [0.1, 0.15) is 21.2 Å². The summed E-state index contributed by atoms with van der Waals surface area (Å²) in [5, 5.41) is 10.4. The number of aryl methyl sites for hydroxylation is 1. The minimum absolute atomic E-state index is 0.0922. The lowest BCUT2D eigenvalue weighted by Gasteiger charge is -1.99. The predicted octanol–water partition coefficient (Wildman–Crippen LogP) is 1.68. The minimum atomic E-state index is -0.0922. The smallest absolute Gasteiger partial charge is 0.233 e. The quantitative estimate of drug-likeness (QED) is 0.771. The van der Waals surface area contributed by atoms with Gasteiger partial charge < -0.3 is 4.74 Å². The van der Waals surface area contributed by atoms with Crippen LogP contribution in [0.2, 0.25) is 0 Å². The van der Waals surface area contributed by atoms with Crippen LogP contribution in [0, 0.1) is 6.92 Å². The standard InChI is InChI=1S/C11H11N3O2S/c1-7-12-8(6-17-7)5-10(15)9-3-4-11(16-2)14-13-9/h3-4,6H,5H2,1-2H3. The van der Waals surface area contributed by atoms with Crippen LogP contribution in [-0.2, 0) is 6.42 Å². The summed E-state index contributed by atoms with van der Waals surface area (Å²) in [5.41, 5.74) is 1.10. The van der Waals surface area contributed by atoms with Gasteiger partial charge in [0.25, 0.3) is 0 Å². The molecule has 17 heavy (non-hydrogen) atoms. The van der Waals surface area contributed by atoms with Crippen LogP contribution in [0.4, 0.5) is 0 Å². The number of aromatic nitrogens is 3. The zero-order valence-corrected chi connectivity index (χ0v) is 10.3. The average molecular weight is 249 g/mol. The molecule has 2 rings (SSSR count). The molecule has 2 aromatic rings. The van der Waals surface area contributed by atoms with Crippen molar-refractivity contribution in [2.45, 2.75) is 13.3 Å². The van der Waals surface area contributed by atoms with Crippen molar-refractivity contribution < 1.29 is 9.53 Å². The largest absolute Gasteiger partial charge is 0.480 e. The van der Waals surface area contributed by atoms with Crippen LogP contribution >= 0.6 is 11.3 Å². The molecule has 0 fully saturated rings. The molecule has 0 aliphatic carbocycles. The highest BCUT2D eigenvalue weighted by Crippen LogP contribution is 2.11. The van der Waals surface area contributed by atoms with Gasteiger partial charge in [-0.15, -0.1) is 21.5 Å². The van der Waals surface area contributed by atoms with Crippen molar-refractivity contribution in [2.75, 3.05) is 7.11 Å². The molecule has 2 heterocycles. The first kappa shape index (κ1) is 11.7. The highest BCUT2D eigenvalue weighted by atomic mass is 32.1. The van der Waals surface area contributed by atoms with Gasteiger partial charge in [0.1, 0.15) is 5.69 Å². The van der Waals surface area contributed by atoms with Gasteiger partial charge in [0.2, 0.25) is 5.88 Å². The Hall–Kier alpha value is -1.82. The number of carbonyl (C=O) groups excluding carboxylic acids is 1. The normalized spacial score (nSPS) is 10.2. The summed E-state index contributed by atoms with van der Waals surface area (Å²) < 4.78 is 4.87. The van der Waals surface area contributed by atoms with Gasteiger partial charge in [0.05, 0.1) is 24.2 Å². The third kappa shape index (κ3) is 2.85. The average Bonchev–Trinajstić information content (AvgIpc) is 2.75. The summed E-state index contributed by atoms with van der Waals surface area (Å²) >= 11 is 1.53. The topological polar surface area (TPSA) is 65.0 Å². The lowest BCUT2D eigenvalue weighted by molar-refractivity contribution is 0.0986. The Labute approximate surface area is 102 Å². The zero-order chi connectivity index (χ0) is 12.3. The van der Waals surface area contributed by atoms with E-state index in [0.29, 0.717) is 11.6 Å². The zero-order valence-electron chi connectivity index (χ0n) is 9.51. The molecule has 0 aromatic carbocycles. The van der Waals surface area contributed by atoms with Crippen molar-refractivity contribution in [3.05, 3.63) is 33.9 Å². The maximum atomic E-state index is 11.8. The molecule has 6 heteroatoms. The van der Waals surface area contributed by atoms with E-state index >= 15 is 0 Å². The molecule has 0 aliphatic rings. The van der Waals surface area contributed by atoms with Gasteiger partial charge in [-0.05, 0) is 13.0 Å². The van der Waals surface area contributed by atoms with Crippen molar-refractivity contribution in [3.8, 4) is 5.88 Å². The molecular formula is C11H11N3O2S. The summed E-state index contributed by atoms with van der Waals surface area (Å²) in [4.78, 5) is 16.1. The Morgan fingerprint density at radius 2 is 2.24 bits per heavy atom. The Morgan fingerprint density at radius 1 is 1.41 bits per heavy atom. The molecule has 2 aromatic heterocycles. The first-order valence-electron chi connectivity index (χ1n) is 5.01. The molecule has 5 nitrogen and oxygen atoms in total. The van der Waals surface area contributed by atoms with Gasteiger partial charge in [0, 0.05) is 11.4 Å². The van der Waals surface area contributed by atoms with Gasteiger partial charge in [0.15, 0.2) is 5.78 Å². The third-order valence-corrected chi connectivity index (χ3v) is 2.97. The van der Waals surface area contributed by atoms with E-state index in [2.05, 4.69) is 15.2 Å². The van der Waals surface area contributed by atoms with Crippen LogP contribution in [0.3, 0.4) is 0 Å². The number of ketones is 1. The van der Waals surface area contributed by atoms with Crippen LogP contribution in [0.15, 0.2) is 17.5 Å². The minimum Gasteiger partial charge on any atom is -0.480 e. The van der Waals surface area contributed by atoms with Crippen molar-refractivity contribution in [3.63, 3.8) is 0 Å². The molecule has 0 aliphatic heterocycles. The van der Waals surface area contributed by atoms with Gasteiger partial charge >= 0.3 is 0 Å². The van der Waals surface area contributed by atoms with Gasteiger partial charge in [-0.3, -0.25) is 4.79 Å². The van der Waals surface area contributed by atoms with Crippen molar-refractivity contribution in [2.24, 2.45) is 0 Å². The Morgan fingerprint density at radius 3 is 2.76 bits per heavy atom. The lowest BCUT2D eigenvalue weighted by Crippen LogP contribution is -2.07. The second-order valence-corrected chi connectivity index (χ2v) is 4.48. The van der Waals surface area contributed by atoms with E-state index in [9.17, 15) is 4.79 Å². The van der Waals surface area contributed by atoms with Crippen molar-refractivity contribution in [1.82, 2.24) is 15.2 Å². The molecule has 0 saturated carbocycles. The highest BCUT2D eigenvalue weighted by Gasteiger charge is 2.11. The molecule has 0 saturated heterocycles. The summed E-state index contributed by atoms with van der Waals surface area (Å²) in [6.07, 6.45) is 0.255. The van der Waals surface area contributed by atoms with E-state index in [1.54, 1.807) is 12.1 Å². The fraction of sp³-hybridized carbons (Fsp3) is 0.273. The number of hydrogen-bond donors (Lipinski definition) is 0. The van der Waals surface area contributed by atoms with E-state index in [4.69, 9.17) is 4.74 Å². The first-order chi connectivity index (χ1) is 8.19. The molecule has 0 spiro atoms. The number of methoxy groups -OCH3 is 1. The Balaban J connectivity index is 2.09. The summed E-state index contributed by atoms with van der Waals surface area (Å²) in [6, 6.07) is 3.22. The van der Waals surface area contributed by atoms with E-state index in [1.165, 1.54) is 18.4 Å². The van der Waals surface area contributed by atoms with E-state index < -0.39 is 0 Å². The summed E-state index contributed by atoms with van der Waals surface area (Å²) in [5.74, 6) is 0.302. The molecule has 0 unspecified atom stereocenters. The van der Waals surface area contributed by atoms with Crippen LogP contribution < -0.4 is 4.74 Å². The number of nitrogens with zero attached hydrogens (tertiary/aromatic N) is 3. The van der Waals surface area contributed by atoms with Crippen molar-refractivity contribution >= 4 is 17.1 Å². The number of carbonyl (C=O) groups is 1. The third-order valence-electron chi connectivity index (χ3n) is 2.14. The SMILES string of the molecule is COc1ccc(C(=O)Cc2csc(C)n2)nn1. The number of thiazole rings is 1. The Kier molecular flexibility index (Phi) is 3.43. The fourth-order valence-corrected chi connectivity index (χ4v) is 1.93. The van der Waals surface area contributed by atoms with E-state index in [0.717, 1.165) is 10.7 Å². The molecule has 88 valence electrons. The molecular weight excluding hydrogens is 238 g/mol. The van der Waals surface area contributed by atoms with Crippen molar-refractivity contribution in [1.29, 1.82) is 0 Å². The Bertz CT molecular complexity index is 522. The van der Waals surface area contributed by atoms with Gasteiger partial charge in [-0.25, -0.2) is 4.98 Å². The fourth-order valence-electron chi connectivity index (χ4n) is 1.32. The van der Waals surface area contributed by atoms with E-state index in [1.807, 2.05) is 12.3 Å². The highest BCUT2D eigenvalue weighted by molar-refractivity contribution is 7.09. The number of Topliss-reactive ketones (excluding diaryl/α,β-unsaturated/α-hetero) is 1. The molecule has 0 atom stereocenters. The van der Waals surface area contributed by atoms with E-state index in [-0.39, 0.29) is 12.2 Å². The first-order valence-corrected chi connectivity index (χ1v) is 5.89. The second-order valence-electron chi connectivity index (χ2n) is 3.42. The molecule has 0 amide bonds. The molecule has 0 bridgehead atoms. The lowest BCUT2D eigenvalue weighted by atomic mass is 10.2. The maximum Gasteiger partial charge on any atom is 0.233 e. The van der Waals surface area contributed by atoms with Gasteiger partial charge in [-0.1, -0.05) is 0 Å². The number of rotatable bonds is 4. The summed E-state index contributed by atoms with van der Waals surface area (Å²) in [7, 11) is 1.50. The number of hydrogen-bond acceptors (Lipinski definition) is 6. The number of ether oxygens (including phenoxy) is 1. The van der Waals surface area contributed by atoms with Crippen LogP contribution in [0.5, 0.6) is 5.88 Å². The summed E-state index contributed by atoms with van der Waals surface area (Å²) in [6.45, 7) is 1.91. The second kappa shape index (κ2) is 5.01. The van der Waals surface area contributed by atoms with Crippen LogP contribution in [-0.4, -0.2) is 28.1 Å². The van der Waals surface area contributed by atoms with Crippen LogP contribution in [0.25, 0.3) is 0 Å². The monoisotopic (exact) mass is 249 g/mol. The molecule has 0 radical (unpaired) electrons. The maximum absolute atomic E-state index is 11.8. The van der Waals surface area contributed by atoms with Gasteiger partial charge in [-0.2, -0.15) is 0 Å². The predicted molar refractivity (Wildman–Crippen MR) is 63.5 cm³/mol. The molecule has 0 N–H and O–H groups in total.